The van der Waals surface area contributed by atoms with Crippen molar-refractivity contribution in [3.8, 4) is 0 Å². The van der Waals surface area contributed by atoms with E-state index in [-0.39, 0.29) is 18.3 Å². The summed E-state index contributed by atoms with van der Waals surface area (Å²) >= 11 is 0. The summed E-state index contributed by atoms with van der Waals surface area (Å²) in [5.74, 6) is -0.0233. The molecule has 0 unspecified atom stereocenters. The van der Waals surface area contributed by atoms with E-state index in [1.165, 1.54) is 5.52 Å². The van der Waals surface area contributed by atoms with Gasteiger partial charge in [-0.2, -0.15) is 0 Å². The first-order valence-electron chi connectivity index (χ1n) is 6.28. The van der Waals surface area contributed by atoms with Crippen molar-refractivity contribution in [3.05, 3.63) is 30.5 Å². The van der Waals surface area contributed by atoms with Gasteiger partial charge in [0.05, 0.1) is 6.54 Å². The molecule has 0 bridgehead atoms. The average molecular weight is 282 g/mol. The predicted molar refractivity (Wildman–Crippen MR) is 82.0 cm³/mol. The molecule has 0 spiro atoms. The van der Waals surface area contributed by atoms with Crippen molar-refractivity contribution in [2.75, 3.05) is 18.9 Å². The molecule has 5 heteroatoms. The molecule has 0 fully saturated rings. The molecule has 0 saturated carbocycles. The number of fused-ring (bicyclic) bond motifs is 1. The van der Waals surface area contributed by atoms with Crippen LogP contribution in [0.4, 0.5) is 5.69 Å². The van der Waals surface area contributed by atoms with Gasteiger partial charge in [-0.1, -0.05) is 6.92 Å². The van der Waals surface area contributed by atoms with E-state index < -0.39 is 0 Å². The Morgan fingerprint density at radius 3 is 2.79 bits per heavy atom. The maximum Gasteiger partial charge on any atom is 0.238 e. The first-order chi connectivity index (χ1) is 8.74. The number of rotatable bonds is 5. The Morgan fingerprint density at radius 2 is 2.11 bits per heavy atom. The van der Waals surface area contributed by atoms with Crippen LogP contribution < -0.4 is 10.6 Å². The molecule has 0 saturated heterocycles. The highest BCUT2D eigenvalue weighted by Gasteiger charge is 2.04. The summed E-state index contributed by atoms with van der Waals surface area (Å²) in [6.07, 6.45) is 3.21. The van der Waals surface area contributed by atoms with Crippen LogP contribution in [0.1, 0.15) is 13.3 Å². The zero-order valence-corrected chi connectivity index (χ0v) is 12.1. The highest BCUT2D eigenvalue weighted by molar-refractivity contribution is 5.95. The first-order valence-corrected chi connectivity index (χ1v) is 6.28. The van der Waals surface area contributed by atoms with Crippen LogP contribution in [-0.2, 0) is 11.3 Å². The Labute approximate surface area is 119 Å². The van der Waals surface area contributed by atoms with Crippen LogP contribution in [0.2, 0.25) is 0 Å². The number of hydrogen-bond donors (Lipinski definition) is 2. The number of carbonyl (C=O) groups is 1. The topological polar surface area (TPSA) is 46.1 Å². The normalized spacial score (nSPS) is 10.2. The number of halogens is 1. The van der Waals surface area contributed by atoms with E-state index in [9.17, 15) is 4.79 Å². The van der Waals surface area contributed by atoms with Crippen molar-refractivity contribution >= 4 is 34.9 Å². The summed E-state index contributed by atoms with van der Waals surface area (Å²) in [5.41, 5.74) is 2.06. The van der Waals surface area contributed by atoms with E-state index in [1.807, 2.05) is 12.1 Å². The van der Waals surface area contributed by atoms with Crippen LogP contribution in [0.15, 0.2) is 30.5 Å². The lowest BCUT2D eigenvalue weighted by Crippen LogP contribution is -2.24. The predicted octanol–water partition coefficient (Wildman–Crippen LogP) is 2.63. The summed E-state index contributed by atoms with van der Waals surface area (Å²) in [6, 6.07) is 8.09. The van der Waals surface area contributed by atoms with Crippen molar-refractivity contribution in [1.29, 1.82) is 0 Å². The van der Waals surface area contributed by atoms with Crippen LogP contribution in [0.5, 0.6) is 0 Å². The Kier molecular flexibility index (Phi) is 5.86. The van der Waals surface area contributed by atoms with E-state index in [1.54, 1.807) is 7.05 Å². The molecular weight excluding hydrogens is 262 g/mol. The second kappa shape index (κ2) is 7.16. The zero-order valence-electron chi connectivity index (χ0n) is 11.3. The van der Waals surface area contributed by atoms with E-state index in [0.29, 0.717) is 6.54 Å². The summed E-state index contributed by atoms with van der Waals surface area (Å²) in [5, 5.41) is 6.85. The highest BCUT2D eigenvalue weighted by Crippen LogP contribution is 2.20. The second-order valence-electron chi connectivity index (χ2n) is 4.36. The molecule has 1 amide bonds. The molecule has 0 radical (unpaired) electrons. The van der Waals surface area contributed by atoms with Gasteiger partial charge in [0.25, 0.3) is 0 Å². The Balaban J connectivity index is 0.00000180. The van der Waals surface area contributed by atoms with E-state index in [4.69, 9.17) is 0 Å². The molecule has 0 aliphatic heterocycles. The van der Waals surface area contributed by atoms with Crippen molar-refractivity contribution in [3.63, 3.8) is 0 Å². The number of aromatic nitrogens is 1. The van der Waals surface area contributed by atoms with Crippen molar-refractivity contribution in [2.24, 2.45) is 0 Å². The molecule has 19 heavy (non-hydrogen) atoms. The van der Waals surface area contributed by atoms with Gasteiger partial charge in [-0.05, 0) is 37.7 Å². The Bertz CT molecular complexity index is 551. The third-order valence-electron chi connectivity index (χ3n) is 2.86. The lowest BCUT2D eigenvalue weighted by Gasteiger charge is -2.06. The second-order valence-corrected chi connectivity index (χ2v) is 4.36. The molecule has 2 aromatic rings. The van der Waals surface area contributed by atoms with Gasteiger partial charge in [0.1, 0.15) is 0 Å². The minimum absolute atomic E-state index is 0. The number of amides is 1. The van der Waals surface area contributed by atoms with Gasteiger partial charge in [-0.3, -0.25) is 4.79 Å². The third-order valence-corrected chi connectivity index (χ3v) is 2.86. The fourth-order valence-electron chi connectivity index (χ4n) is 2.08. The van der Waals surface area contributed by atoms with Gasteiger partial charge < -0.3 is 15.2 Å². The van der Waals surface area contributed by atoms with E-state index >= 15 is 0 Å². The lowest BCUT2D eigenvalue weighted by atomic mass is 10.2. The lowest BCUT2D eigenvalue weighted by molar-refractivity contribution is -0.115. The molecular formula is C14H20ClN3O. The Hall–Kier alpha value is -1.52. The molecule has 1 heterocycles. The maximum absolute atomic E-state index is 11.5. The minimum Gasteiger partial charge on any atom is -0.347 e. The number of aryl methyl sites for hydroxylation is 1. The molecule has 0 aliphatic carbocycles. The highest BCUT2D eigenvalue weighted by atomic mass is 35.5. The van der Waals surface area contributed by atoms with Gasteiger partial charge in [0.15, 0.2) is 0 Å². The smallest absolute Gasteiger partial charge is 0.238 e. The number of anilines is 1. The minimum atomic E-state index is -0.0233. The standard InChI is InChI=1S/C14H19N3O.ClH/c1-3-7-17-8-6-11-9-12(4-5-13(11)17)16-14(18)10-15-2;/h4-6,8-9,15H,3,7,10H2,1-2H3,(H,16,18);1H. The van der Waals surface area contributed by atoms with Crippen LogP contribution >= 0.6 is 12.4 Å². The van der Waals surface area contributed by atoms with Crippen molar-refractivity contribution in [1.82, 2.24) is 9.88 Å². The molecule has 1 aromatic carbocycles. The fourth-order valence-corrected chi connectivity index (χ4v) is 2.08. The maximum atomic E-state index is 11.5. The summed E-state index contributed by atoms with van der Waals surface area (Å²) in [6.45, 7) is 3.52. The van der Waals surface area contributed by atoms with Crippen LogP contribution in [0.3, 0.4) is 0 Å². The number of benzene rings is 1. The van der Waals surface area contributed by atoms with E-state index in [0.717, 1.165) is 24.0 Å². The molecule has 4 nitrogen and oxygen atoms in total. The first kappa shape index (κ1) is 15.5. The number of hydrogen-bond acceptors (Lipinski definition) is 2. The quantitative estimate of drug-likeness (QED) is 0.885. The molecule has 2 rings (SSSR count). The number of nitrogens with zero attached hydrogens (tertiary/aromatic N) is 1. The largest absolute Gasteiger partial charge is 0.347 e. The number of nitrogens with one attached hydrogen (secondary N) is 2. The van der Waals surface area contributed by atoms with Crippen molar-refractivity contribution in [2.45, 2.75) is 19.9 Å². The number of likely N-dealkylation sites (N-methyl/N-ethyl adjacent to an activating group) is 1. The van der Waals surface area contributed by atoms with Crippen molar-refractivity contribution < 1.29 is 4.79 Å². The average Bonchev–Trinajstić information content (AvgIpc) is 2.73. The summed E-state index contributed by atoms with van der Waals surface area (Å²) < 4.78 is 2.23. The van der Waals surface area contributed by atoms with Crippen LogP contribution in [0, 0.1) is 0 Å². The zero-order chi connectivity index (χ0) is 13.0. The summed E-state index contributed by atoms with van der Waals surface area (Å²) in [7, 11) is 1.76. The number of carbonyl (C=O) groups excluding carboxylic acids is 1. The summed E-state index contributed by atoms with van der Waals surface area (Å²) in [4.78, 5) is 11.5. The third kappa shape index (κ3) is 3.72. The molecule has 104 valence electrons. The molecule has 0 aliphatic rings. The van der Waals surface area contributed by atoms with Crippen LogP contribution in [-0.4, -0.2) is 24.1 Å². The molecule has 0 atom stereocenters. The van der Waals surface area contributed by atoms with Gasteiger partial charge in [-0.15, -0.1) is 12.4 Å². The van der Waals surface area contributed by atoms with E-state index in [2.05, 4.69) is 40.5 Å². The molecule has 2 N–H and O–H groups in total. The van der Waals surface area contributed by atoms with Gasteiger partial charge >= 0.3 is 0 Å². The van der Waals surface area contributed by atoms with Gasteiger partial charge in [0, 0.05) is 29.3 Å². The Morgan fingerprint density at radius 1 is 1.32 bits per heavy atom. The SMILES string of the molecule is CCCn1ccc2cc(NC(=O)CNC)ccc21.Cl. The van der Waals surface area contributed by atoms with Crippen LogP contribution in [0.25, 0.3) is 10.9 Å². The fraction of sp³-hybridized carbons (Fsp3) is 0.357. The van der Waals surface area contributed by atoms with Gasteiger partial charge in [-0.25, -0.2) is 0 Å². The monoisotopic (exact) mass is 281 g/mol. The van der Waals surface area contributed by atoms with Gasteiger partial charge in [0.2, 0.25) is 5.91 Å². The molecule has 1 aromatic heterocycles.